The van der Waals surface area contributed by atoms with E-state index in [1.165, 1.54) is 0 Å². The number of benzene rings is 1. The second-order valence-electron chi connectivity index (χ2n) is 4.81. The van der Waals surface area contributed by atoms with Crippen LogP contribution in [0.1, 0.15) is 5.56 Å². The molecule has 1 fully saturated rings. The zero-order valence-electron chi connectivity index (χ0n) is 11.6. The SMILES string of the molecule is Cc1ccccc1OCC(=O)N1CCN(C(=N)N)CC1. The number of piperazine rings is 1. The predicted octanol–water partition coefficient (Wildman–Crippen LogP) is 0.411. The molecule has 6 nitrogen and oxygen atoms in total. The molecule has 1 aromatic rings. The first-order chi connectivity index (χ1) is 9.58. The fraction of sp³-hybridized carbons (Fsp3) is 0.429. The zero-order chi connectivity index (χ0) is 14.5. The van der Waals surface area contributed by atoms with E-state index in [-0.39, 0.29) is 18.5 Å². The van der Waals surface area contributed by atoms with Crippen molar-refractivity contribution in [2.24, 2.45) is 5.73 Å². The van der Waals surface area contributed by atoms with E-state index in [2.05, 4.69) is 0 Å². The summed E-state index contributed by atoms with van der Waals surface area (Å²) < 4.78 is 5.55. The van der Waals surface area contributed by atoms with Gasteiger partial charge in [0.2, 0.25) is 0 Å². The Kier molecular flexibility index (Phi) is 4.45. The summed E-state index contributed by atoms with van der Waals surface area (Å²) >= 11 is 0. The number of carbonyl (C=O) groups excluding carboxylic acids is 1. The van der Waals surface area contributed by atoms with Gasteiger partial charge in [-0.1, -0.05) is 18.2 Å². The van der Waals surface area contributed by atoms with E-state index in [0.29, 0.717) is 26.2 Å². The molecule has 0 aromatic heterocycles. The van der Waals surface area contributed by atoms with E-state index in [1.54, 1.807) is 9.80 Å². The van der Waals surface area contributed by atoms with Gasteiger partial charge >= 0.3 is 0 Å². The van der Waals surface area contributed by atoms with Gasteiger partial charge in [0.1, 0.15) is 5.75 Å². The summed E-state index contributed by atoms with van der Waals surface area (Å²) in [6.07, 6.45) is 0. The zero-order valence-corrected chi connectivity index (χ0v) is 11.6. The molecule has 3 N–H and O–H groups in total. The first kappa shape index (κ1) is 14.2. The molecule has 0 unspecified atom stereocenters. The summed E-state index contributed by atoms with van der Waals surface area (Å²) in [4.78, 5) is 15.6. The van der Waals surface area contributed by atoms with Crippen molar-refractivity contribution in [1.29, 1.82) is 5.41 Å². The van der Waals surface area contributed by atoms with Gasteiger partial charge in [-0.3, -0.25) is 10.2 Å². The standard InChI is InChI=1S/C14H20N4O2/c1-11-4-2-3-5-12(11)20-10-13(19)17-6-8-18(9-7-17)14(15)16/h2-5H,6-10H2,1H3,(H3,15,16). The highest BCUT2D eigenvalue weighted by atomic mass is 16.5. The molecule has 0 radical (unpaired) electrons. The quantitative estimate of drug-likeness (QED) is 0.619. The first-order valence-corrected chi connectivity index (χ1v) is 6.63. The third-order valence-corrected chi connectivity index (χ3v) is 3.42. The van der Waals surface area contributed by atoms with E-state index in [4.69, 9.17) is 15.9 Å². The monoisotopic (exact) mass is 276 g/mol. The van der Waals surface area contributed by atoms with Crippen LogP contribution in [0.3, 0.4) is 0 Å². The smallest absolute Gasteiger partial charge is 0.260 e. The molecule has 1 aliphatic heterocycles. The lowest BCUT2D eigenvalue weighted by molar-refractivity contribution is -0.134. The maximum atomic E-state index is 12.1. The molecule has 108 valence electrons. The van der Waals surface area contributed by atoms with Gasteiger partial charge in [-0.15, -0.1) is 0 Å². The van der Waals surface area contributed by atoms with Gasteiger partial charge in [0.15, 0.2) is 12.6 Å². The molecule has 0 aliphatic carbocycles. The Morgan fingerprint density at radius 1 is 1.25 bits per heavy atom. The number of nitrogens with zero attached hydrogens (tertiary/aromatic N) is 2. The molecule has 1 amide bonds. The van der Waals surface area contributed by atoms with E-state index in [0.717, 1.165) is 11.3 Å². The Bertz CT molecular complexity index is 496. The molecule has 1 heterocycles. The van der Waals surface area contributed by atoms with Crippen molar-refractivity contribution in [3.05, 3.63) is 29.8 Å². The summed E-state index contributed by atoms with van der Waals surface area (Å²) in [6.45, 7) is 4.36. The maximum absolute atomic E-state index is 12.1. The lowest BCUT2D eigenvalue weighted by atomic mass is 10.2. The molecular formula is C14H20N4O2. The summed E-state index contributed by atoms with van der Waals surface area (Å²) in [5.41, 5.74) is 6.44. The fourth-order valence-electron chi connectivity index (χ4n) is 2.15. The van der Waals surface area contributed by atoms with Gasteiger partial charge in [0.25, 0.3) is 5.91 Å². The molecule has 20 heavy (non-hydrogen) atoms. The Labute approximate surface area is 118 Å². The second-order valence-corrected chi connectivity index (χ2v) is 4.81. The number of hydrogen-bond donors (Lipinski definition) is 2. The lowest BCUT2D eigenvalue weighted by Crippen LogP contribution is -2.53. The van der Waals surface area contributed by atoms with Crippen LogP contribution in [-0.4, -0.2) is 54.5 Å². The van der Waals surface area contributed by atoms with Crippen LogP contribution >= 0.6 is 0 Å². The first-order valence-electron chi connectivity index (χ1n) is 6.63. The Morgan fingerprint density at radius 2 is 1.85 bits per heavy atom. The van der Waals surface area contributed by atoms with Crippen molar-refractivity contribution in [2.75, 3.05) is 32.8 Å². The number of aryl methyl sites for hydroxylation is 1. The largest absolute Gasteiger partial charge is 0.484 e. The number of rotatable bonds is 3. The summed E-state index contributed by atoms with van der Waals surface area (Å²) in [7, 11) is 0. The van der Waals surface area contributed by atoms with Crippen molar-refractivity contribution in [1.82, 2.24) is 9.80 Å². The minimum absolute atomic E-state index is 0.0311. The number of nitrogens with two attached hydrogens (primary N) is 1. The summed E-state index contributed by atoms with van der Waals surface area (Å²) in [6, 6.07) is 7.63. The molecule has 1 aromatic carbocycles. The van der Waals surface area contributed by atoms with Gasteiger partial charge in [0.05, 0.1) is 0 Å². The number of hydrogen-bond acceptors (Lipinski definition) is 3. The highest BCUT2D eigenvalue weighted by Crippen LogP contribution is 2.16. The highest BCUT2D eigenvalue weighted by molar-refractivity contribution is 5.79. The second kappa shape index (κ2) is 6.27. The number of amides is 1. The highest BCUT2D eigenvalue weighted by Gasteiger charge is 2.21. The molecule has 1 aliphatic rings. The maximum Gasteiger partial charge on any atom is 0.260 e. The minimum Gasteiger partial charge on any atom is -0.484 e. The van der Waals surface area contributed by atoms with Crippen LogP contribution in [0.15, 0.2) is 24.3 Å². The van der Waals surface area contributed by atoms with Crippen molar-refractivity contribution in [3.8, 4) is 5.75 Å². The van der Waals surface area contributed by atoms with E-state index in [1.807, 2.05) is 31.2 Å². The topological polar surface area (TPSA) is 82.7 Å². The van der Waals surface area contributed by atoms with Crippen LogP contribution in [-0.2, 0) is 4.79 Å². The average molecular weight is 276 g/mol. The predicted molar refractivity (Wildman–Crippen MR) is 76.7 cm³/mol. The number of ether oxygens (including phenoxy) is 1. The Balaban J connectivity index is 1.82. The summed E-state index contributed by atoms with van der Waals surface area (Å²) in [5.74, 6) is 0.771. The normalized spacial score (nSPS) is 15.1. The Morgan fingerprint density at radius 3 is 2.45 bits per heavy atom. The number of nitrogens with one attached hydrogen (secondary N) is 1. The molecule has 0 bridgehead atoms. The number of guanidine groups is 1. The molecule has 2 rings (SSSR count). The molecule has 0 saturated carbocycles. The molecule has 0 spiro atoms. The van der Waals surface area contributed by atoms with Gasteiger partial charge < -0.3 is 20.3 Å². The molecule has 0 atom stereocenters. The number of carbonyl (C=O) groups is 1. The van der Waals surface area contributed by atoms with Crippen LogP contribution in [0.5, 0.6) is 5.75 Å². The number of para-hydroxylation sites is 1. The third-order valence-electron chi connectivity index (χ3n) is 3.42. The van der Waals surface area contributed by atoms with Gasteiger partial charge in [-0.05, 0) is 18.6 Å². The van der Waals surface area contributed by atoms with Gasteiger partial charge in [0, 0.05) is 26.2 Å². The van der Waals surface area contributed by atoms with Crippen LogP contribution in [0.2, 0.25) is 0 Å². The molecule has 6 heteroatoms. The van der Waals surface area contributed by atoms with Crippen molar-refractivity contribution in [3.63, 3.8) is 0 Å². The lowest BCUT2D eigenvalue weighted by Gasteiger charge is -2.34. The van der Waals surface area contributed by atoms with Crippen LogP contribution < -0.4 is 10.5 Å². The van der Waals surface area contributed by atoms with E-state index < -0.39 is 0 Å². The van der Waals surface area contributed by atoms with Crippen LogP contribution in [0, 0.1) is 12.3 Å². The van der Waals surface area contributed by atoms with Crippen LogP contribution in [0.4, 0.5) is 0 Å². The summed E-state index contributed by atoms with van der Waals surface area (Å²) in [5, 5.41) is 7.35. The van der Waals surface area contributed by atoms with E-state index >= 15 is 0 Å². The van der Waals surface area contributed by atoms with Gasteiger partial charge in [-0.2, -0.15) is 0 Å². The molecule has 1 saturated heterocycles. The van der Waals surface area contributed by atoms with Crippen molar-refractivity contribution < 1.29 is 9.53 Å². The molecular weight excluding hydrogens is 256 g/mol. The van der Waals surface area contributed by atoms with Crippen molar-refractivity contribution in [2.45, 2.75) is 6.92 Å². The van der Waals surface area contributed by atoms with E-state index in [9.17, 15) is 4.79 Å². The fourth-order valence-corrected chi connectivity index (χ4v) is 2.15. The van der Waals surface area contributed by atoms with Crippen LogP contribution in [0.25, 0.3) is 0 Å². The average Bonchev–Trinajstić information content (AvgIpc) is 2.46. The minimum atomic E-state index is -0.0311. The van der Waals surface area contributed by atoms with Gasteiger partial charge in [-0.25, -0.2) is 0 Å². The third kappa shape index (κ3) is 3.40. The Hall–Kier alpha value is -2.24. The van der Waals surface area contributed by atoms with Crippen molar-refractivity contribution >= 4 is 11.9 Å².